The number of aromatic nitrogens is 4. The van der Waals surface area contributed by atoms with Gasteiger partial charge in [0.05, 0.1) is 23.9 Å². The predicted octanol–water partition coefficient (Wildman–Crippen LogP) is 5.22. The minimum Gasteiger partial charge on any atom is -0.394 e. The summed E-state index contributed by atoms with van der Waals surface area (Å²) in [6, 6.07) is 4.14. The molecule has 1 aliphatic rings. The predicted molar refractivity (Wildman–Crippen MR) is 121 cm³/mol. The van der Waals surface area contributed by atoms with E-state index >= 15 is 0 Å². The molecule has 6 nitrogen and oxygen atoms in total. The summed E-state index contributed by atoms with van der Waals surface area (Å²) in [5, 5.41) is 22.3. The molecule has 33 heavy (non-hydrogen) atoms. The lowest BCUT2D eigenvalue weighted by Crippen LogP contribution is -2.36. The van der Waals surface area contributed by atoms with Crippen molar-refractivity contribution in [1.29, 1.82) is 0 Å². The van der Waals surface area contributed by atoms with Gasteiger partial charge < -0.3 is 10.8 Å². The second kappa shape index (κ2) is 9.52. The lowest BCUT2D eigenvalue weighted by molar-refractivity contribution is -0.137. The lowest BCUT2D eigenvalue weighted by atomic mass is 9.87. The van der Waals surface area contributed by atoms with E-state index in [2.05, 4.69) is 15.3 Å². The van der Waals surface area contributed by atoms with Gasteiger partial charge in [0, 0.05) is 23.9 Å². The van der Waals surface area contributed by atoms with E-state index in [-0.39, 0.29) is 12.2 Å². The van der Waals surface area contributed by atoms with Crippen molar-refractivity contribution in [1.82, 2.24) is 20.0 Å². The second-order valence-electron chi connectivity index (χ2n) is 9.03. The number of benzene rings is 1. The van der Waals surface area contributed by atoms with E-state index in [0.717, 1.165) is 23.8 Å². The monoisotopic (exact) mass is 479 g/mol. The summed E-state index contributed by atoms with van der Waals surface area (Å²) in [6.45, 7) is 1.95. The Morgan fingerprint density at radius 3 is 2.61 bits per heavy atom. The number of rotatable bonds is 7. The number of aliphatic hydroxyl groups excluding tert-OH is 1. The van der Waals surface area contributed by atoms with Gasteiger partial charge in [0.1, 0.15) is 10.0 Å². The third-order valence-corrected chi connectivity index (χ3v) is 7.50. The van der Waals surface area contributed by atoms with Gasteiger partial charge in [-0.25, -0.2) is 0 Å². The summed E-state index contributed by atoms with van der Waals surface area (Å²) in [5.41, 5.74) is 4.94. The highest BCUT2D eigenvalue weighted by molar-refractivity contribution is 7.14. The second-order valence-corrected chi connectivity index (χ2v) is 10.0. The molecular formula is C23H28F3N5OS. The number of nitrogens with two attached hydrogens (primary N) is 1. The van der Waals surface area contributed by atoms with Gasteiger partial charge in [-0.15, -0.1) is 10.2 Å². The topological polar surface area (TPSA) is 89.8 Å². The van der Waals surface area contributed by atoms with E-state index in [0.29, 0.717) is 33.6 Å². The molecule has 0 aliphatic heterocycles. The van der Waals surface area contributed by atoms with Crippen LogP contribution in [-0.4, -0.2) is 31.7 Å². The summed E-state index contributed by atoms with van der Waals surface area (Å²) in [5.74, 6) is 0.675. The van der Waals surface area contributed by atoms with Gasteiger partial charge in [-0.2, -0.15) is 18.3 Å². The molecule has 0 saturated heterocycles. The molecule has 1 fully saturated rings. The number of aryl methyl sites for hydroxylation is 1. The highest BCUT2D eigenvalue weighted by atomic mass is 32.1. The number of alkyl halides is 3. The standard InChI is InChI=1S/C23H28F3N5OS/c1-22(27,14-32)21-30-29-20(33-21)16-7-8-18(19(11-16)23(24,25)26)17-12-28-31(13-17)10-9-15-5-3-2-4-6-15/h7-8,11-13,15,32H,2-6,9-10,14,27H2,1H3/t22-/m0/s1. The van der Waals surface area contributed by atoms with Crippen molar-refractivity contribution in [3.05, 3.63) is 41.2 Å². The molecule has 2 aromatic heterocycles. The Bertz CT molecular complexity index is 1090. The number of nitrogens with zero attached hydrogens (tertiary/aromatic N) is 4. The van der Waals surface area contributed by atoms with Gasteiger partial charge in [-0.3, -0.25) is 4.68 Å². The fourth-order valence-corrected chi connectivity index (χ4v) is 5.11. The third kappa shape index (κ3) is 5.44. The zero-order valence-electron chi connectivity index (χ0n) is 18.5. The first-order valence-corrected chi connectivity index (χ1v) is 12.0. The van der Waals surface area contributed by atoms with Crippen LogP contribution in [0.4, 0.5) is 13.2 Å². The summed E-state index contributed by atoms with van der Waals surface area (Å²) in [4.78, 5) is 0. The molecule has 0 radical (unpaired) electrons. The highest BCUT2D eigenvalue weighted by Gasteiger charge is 2.35. The van der Waals surface area contributed by atoms with Crippen LogP contribution in [0.2, 0.25) is 0 Å². The Labute approximate surface area is 194 Å². The molecule has 4 rings (SSSR count). The van der Waals surface area contributed by atoms with Crippen LogP contribution >= 0.6 is 11.3 Å². The SMILES string of the molecule is C[C@](N)(CO)c1nnc(-c2ccc(-c3cnn(CCC4CCCCC4)c3)c(C(F)(F)F)c2)s1. The molecule has 10 heteroatoms. The van der Waals surface area contributed by atoms with Crippen LogP contribution in [0, 0.1) is 5.92 Å². The van der Waals surface area contributed by atoms with Gasteiger partial charge in [0.15, 0.2) is 0 Å². The summed E-state index contributed by atoms with van der Waals surface area (Å²) >= 11 is 1.07. The third-order valence-electron chi connectivity index (χ3n) is 6.25. The first-order valence-electron chi connectivity index (χ1n) is 11.2. The summed E-state index contributed by atoms with van der Waals surface area (Å²) in [6.07, 6.45) is 5.91. The Kier molecular flexibility index (Phi) is 6.88. The maximum absolute atomic E-state index is 14.0. The molecule has 178 valence electrons. The smallest absolute Gasteiger partial charge is 0.394 e. The number of halogens is 3. The fourth-order valence-electron chi connectivity index (χ4n) is 4.22. The maximum atomic E-state index is 14.0. The van der Waals surface area contributed by atoms with Crippen molar-refractivity contribution in [3.63, 3.8) is 0 Å². The first-order chi connectivity index (χ1) is 15.7. The zero-order chi connectivity index (χ0) is 23.6. The van der Waals surface area contributed by atoms with E-state index < -0.39 is 17.3 Å². The number of hydrogen-bond acceptors (Lipinski definition) is 6. The molecule has 3 aromatic rings. The first kappa shape index (κ1) is 23.8. The summed E-state index contributed by atoms with van der Waals surface area (Å²) in [7, 11) is 0. The van der Waals surface area contributed by atoms with Crippen molar-refractivity contribution >= 4 is 11.3 Å². The van der Waals surface area contributed by atoms with E-state index in [1.54, 1.807) is 23.9 Å². The van der Waals surface area contributed by atoms with Crippen LogP contribution in [-0.2, 0) is 18.3 Å². The molecule has 0 amide bonds. The molecule has 0 unspecified atom stereocenters. The lowest BCUT2D eigenvalue weighted by Gasteiger charge is -2.21. The molecule has 2 heterocycles. The van der Waals surface area contributed by atoms with Crippen molar-refractivity contribution < 1.29 is 18.3 Å². The number of hydrogen-bond donors (Lipinski definition) is 2. The van der Waals surface area contributed by atoms with Crippen molar-refractivity contribution in [2.24, 2.45) is 11.7 Å². The maximum Gasteiger partial charge on any atom is 0.417 e. The van der Waals surface area contributed by atoms with E-state index in [1.165, 1.54) is 44.4 Å². The molecule has 1 saturated carbocycles. The average Bonchev–Trinajstić information content (AvgIpc) is 3.48. The highest BCUT2D eigenvalue weighted by Crippen LogP contribution is 2.40. The van der Waals surface area contributed by atoms with Crippen LogP contribution < -0.4 is 5.73 Å². The molecule has 1 aliphatic carbocycles. The normalized spacial score (nSPS) is 17.3. The molecule has 1 aromatic carbocycles. The van der Waals surface area contributed by atoms with E-state index in [1.807, 2.05) is 0 Å². The van der Waals surface area contributed by atoms with E-state index in [9.17, 15) is 18.3 Å². The van der Waals surface area contributed by atoms with Gasteiger partial charge >= 0.3 is 6.18 Å². The molecule has 0 spiro atoms. The van der Waals surface area contributed by atoms with Crippen LogP contribution in [0.5, 0.6) is 0 Å². The van der Waals surface area contributed by atoms with Gasteiger partial charge in [0.25, 0.3) is 0 Å². The fraction of sp³-hybridized carbons (Fsp3) is 0.522. The minimum absolute atomic E-state index is 0.0823. The van der Waals surface area contributed by atoms with Crippen molar-refractivity contribution in [2.45, 2.75) is 63.7 Å². The molecule has 1 atom stereocenters. The molecule has 3 N–H and O–H groups in total. The quantitative estimate of drug-likeness (QED) is 0.485. The summed E-state index contributed by atoms with van der Waals surface area (Å²) < 4.78 is 43.6. The zero-order valence-corrected chi connectivity index (χ0v) is 19.3. The Balaban J connectivity index is 1.59. The van der Waals surface area contributed by atoms with Gasteiger partial charge in [-0.1, -0.05) is 55.6 Å². The Morgan fingerprint density at radius 1 is 1.15 bits per heavy atom. The van der Waals surface area contributed by atoms with Crippen LogP contribution in [0.1, 0.15) is 56.0 Å². The Hall–Kier alpha value is -2.30. The molecular weight excluding hydrogens is 451 g/mol. The minimum atomic E-state index is -4.55. The van der Waals surface area contributed by atoms with Gasteiger partial charge in [-0.05, 0) is 30.9 Å². The van der Waals surface area contributed by atoms with E-state index in [4.69, 9.17) is 5.73 Å². The Morgan fingerprint density at radius 2 is 1.91 bits per heavy atom. The van der Waals surface area contributed by atoms with Crippen molar-refractivity contribution in [2.75, 3.05) is 6.61 Å². The van der Waals surface area contributed by atoms with Crippen LogP contribution in [0.15, 0.2) is 30.6 Å². The van der Waals surface area contributed by atoms with Crippen LogP contribution in [0.25, 0.3) is 21.7 Å². The van der Waals surface area contributed by atoms with Gasteiger partial charge in [0.2, 0.25) is 0 Å². The van der Waals surface area contributed by atoms with Crippen LogP contribution in [0.3, 0.4) is 0 Å². The number of aliphatic hydroxyl groups is 1. The average molecular weight is 480 g/mol. The van der Waals surface area contributed by atoms with Crippen molar-refractivity contribution in [3.8, 4) is 21.7 Å². The largest absolute Gasteiger partial charge is 0.417 e. The molecule has 0 bridgehead atoms.